The molecule has 1 aromatic heterocycles. The van der Waals surface area contributed by atoms with Gasteiger partial charge in [0.25, 0.3) is 5.91 Å². The monoisotopic (exact) mass is 280 g/mol. The molecule has 0 aliphatic carbocycles. The lowest BCUT2D eigenvalue weighted by Crippen LogP contribution is -2.27. The predicted molar refractivity (Wildman–Crippen MR) is 80.1 cm³/mol. The lowest BCUT2D eigenvalue weighted by Gasteiger charge is -2.10. The molecule has 0 aliphatic rings. The Balaban J connectivity index is 2.41. The molecule has 0 fully saturated rings. The molecule has 0 bridgehead atoms. The number of carbonyl (C=O) groups excluding carboxylic acids is 1. The zero-order valence-corrected chi connectivity index (χ0v) is 12.5. The zero-order chi connectivity index (χ0) is 14.8. The van der Waals surface area contributed by atoms with Crippen LogP contribution < -0.4 is 10.6 Å². The summed E-state index contributed by atoms with van der Waals surface area (Å²) in [6.07, 6.45) is 2.56. The molecule has 1 amide bonds. The van der Waals surface area contributed by atoms with Gasteiger partial charge < -0.3 is 20.3 Å². The Kier molecular flexibility index (Phi) is 7.60. The average molecular weight is 280 g/mol. The molecule has 0 atom stereocenters. The summed E-state index contributed by atoms with van der Waals surface area (Å²) in [5, 5.41) is 6.00. The van der Waals surface area contributed by atoms with Crippen molar-refractivity contribution in [2.45, 2.75) is 6.42 Å². The van der Waals surface area contributed by atoms with E-state index in [1.165, 1.54) is 0 Å². The Hall–Kier alpha value is -1.66. The maximum Gasteiger partial charge on any atom is 0.251 e. The van der Waals surface area contributed by atoms with E-state index in [4.69, 9.17) is 4.74 Å². The topological polar surface area (TPSA) is 66.5 Å². The molecule has 0 saturated carbocycles. The lowest BCUT2D eigenvalue weighted by atomic mass is 10.2. The van der Waals surface area contributed by atoms with Gasteiger partial charge in [0.15, 0.2) is 0 Å². The largest absolute Gasteiger partial charge is 0.383 e. The number of hydrogen-bond donors (Lipinski definition) is 2. The minimum atomic E-state index is -0.0686. The number of pyridine rings is 1. The van der Waals surface area contributed by atoms with Gasteiger partial charge in [0.1, 0.15) is 5.82 Å². The van der Waals surface area contributed by atoms with E-state index in [0.717, 1.165) is 13.0 Å². The van der Waals surface area contributed by atoms with Crippen LogP contribution in [0.25, 0.3) is 0 Å². The Bertz CT molecular complexity index is 410. The molecule has 6 heteroatoms. The van der Waals surface area contributed by atoms with Gasteiger partial charge in [-0.05, 0) is 39.2 Å². The van der Waals surface area contributed by atoms with E-state index in [9.17, 15) is 4.79 Å². The van der Waals surface area contributed by atoms with E-state index in [-0.39, 0.29) is 5.91 Å². The van der Waals surface area contributed by atoms with Crippen molar-refractivity contribution in [1.29, 1.82) is 0 Å². The van der Waals surface area contributed by atoms with Crippen molar-refractivity contribution in [1.82, 2.24) is 15.2 Å². The number of carbonyl (C=O) groups is 1. The smallest absolute Gasteiger partial charge is 0.251 e. The van der Waals surface area contributed by atoms with Crippen LogP contribution in [0.1, 0.15) is 16.8 Å². The molecular weight excluding hydrogens is 256 g/mol. The van der Waals surface area contributed by atoms with Gasteiger partial charge in [-0.25, -0.2) is 4.98 Å². The van der Waals surface area contributed by atoms with Crippen molar-refractivity contribution in [2.24, 2.45) is 0 Å². The fourth-order valence-corrected chi connectivity index (χ4v) is 1.65. The first kappa shape index (κ1) is 16.4. The number of hydrogen-bond acceptors (Lipinski definition) is 5. The maximum absolute atomic E-state index is 12.0. The van der Waals surface area contributed by atoms with Gasteiger partial charge in [0.2, 0.25) is 0 Å². The Morgan fingerprint density at radius 1 is 1.40 bits per heavy atom. The number of amides is 1. The Labute approximate surface area is 120 Å². The third-order valence-corrected chi connectivity index (χ3v) is 2.70. The van der Waals surface area contributed by atoms with Crippen molar-refractivity contribution < 1.29 is 9.53 Å². The van der Waals surface area contributed by atoms with E-state index in [1.54, 1.807) is 25.4 Å². The second-order valence-electron chi connectivity index (χ2n) is 4.76. The highest BCUT2D eigenvalue weighted by Crippen LogP contribution is 2.06. The van der Waals surface area contributed by atoms with E-state index in [1.807, 2.05) is 14.1 Å². The van der Waals surface area contributed by atoms with Gasteiger partial charge in [-0.15, -0.1) is 0 Å². The first-order chi connectivity index (χ1) is 9.63. The number of nitrogens with one attached hydrogen (secondary N) is 2. The number of anilines is 1. The molecule has 6 nitrogen and oxygen atoms in total. The molecule has 112 valence electrons. The molecule has 0 radical (unpaired) electrons. The highest BCUT2D eigenvalue weighted by molar-refractivity contribution is 5.94. The summed E-state index contributed by atoms with van der Waals surface area (Å²) < 4.78 is 4.95. The first-order valence-corrected chi connectivity index (χ1v) is 6.75. The van der Waals surface area contributed by atoms with Crippen molar-refractivity contribution in [3.8, 4) is 0 Å². The summed E-state index contributed by atoms with van der Waals surface area (Å²) >= 11 is 0. The third kappa shape index (κ3) is 6.49. The van der Waals surface area contributed by atoms with Crippen LogP contribution in [-0.2, 0) is 4.74 Å². The van der Waals surface area contributed by atoms with Crippen molar-refractivity contribution >= 4 is 11.7 Å². The second-order valence-corrected chi connectivity index (χ2v) is 4.76. The number of methoxy groups -OCH3 is 1. The number of rotatable bonds is 9. The van der Waals surface area contributed by atoms with Crippen LogP contribution in [0.3, 0.4) is 0 Å². The number of aromatic nitrogens is 1. The summed E-state index contributed by atoms with van der Waals surface area (Å²) in [6, 6.07) is 3.46. The quantitative estimate of drug-likeness (QED) is 0.656. The number of nitrogens with zero attached hydrogens (tertiary/aromatic N) is 2. The highest BCUT2D eigenvalue weighted by atomic mass is 16.5. The highest BCUT2D eigenvalue weighted by Gasteiger charge is 2.06. The molecule has 0 unspecified atom stereocenters. The van der Waals surface area contributed by atoms with Gasteiger partial charge in [0, 0.05) is 32.0 Å². The van der Waals surface area contributed by atoms with E-state index < -0.39 is 0 Å². The minimum Gasteiger partial charge on any atom is -0.383 e. The van der Waals surface area contributed by atoms with E-state index in [2.05, 4.69) is 20.5 Å². The van der Waals surface area contributed by atoms with Gasteiger partial charge in [-0.1, -0.05) is 0 Å². The number of ether oxygens (including phenoxy) is 1. The van der Waals surface area contributed by atoms with Crippen LogP contribution in [-0.4, -0.2) is 63.2 Å². The molecule has 1 rings (SSSR count). The zero-order valence-electron chi connectivity index (χ0n) is 12.5. The average Bonchev–Trinajstić information content (AvgIpc) is 2.44. The molecule has 20 heavy (non-hydrogen) atoms. The molecule has 0 saturated heterocycles. The first-order valence-electron chi connectivity index (χ1n) is 6.75. The van der Waals surface area contributed by atoms with Crippen LogP contribution in [0.2, 0.25) is 0 Å². The SMILES string of the molecule is COCCNc1cc(C(=O)NCCCN(C)C)ccn1. The van der Waals surface area contributed by atoms with E-state index >= 15 is 0 Å². The van der Waals surface area contributed by atoms with Gasteiger partial charge in [0.05, 0.1) is 6.61 Å². The predicted octanol–water partition coefficient (Wildman–Crippen LogP) is 0.821. The summed E-state index contributed by atoms with van der Waals surface area (Å²) in [4.78, 5) is 18.2. The van der Waals surface area contributed by atoms with Gasteiger partial charge >= 0.3 is 0 Å². The summed E-state index contributed by atoms with van der Waals surface area (Å²) in [6.45, 7) is 2.90. The summed E-state index contributed by atoms with van der Waals surface area (Å²) in [7, 11) is 5.68. The molecule has 1 heterocycles. The van der Waals surface area contributed by atoms with Crippen LogP contribution in [0.15, 0.2) is 18.3 Å². The van der Waals surface area contributed by atoms with E-state index in [0.29, 0.717) is 31.1 Å². The van der Waals surface area contributed by atoms with Gasteiger partial charge in [-0.3, -0.25) is 4.79 Å². The molecule has 1 aromatic rings. The van der Waals surface area contributed by atoms with Crippen molar-refractivity contribution in [2.75, 3.05) is 52.8 Å². The van der Waals surface area contributed by atoms with Gasteiger partial charge in [-0.2, -0.15) is 0 Å². The minimum absolute atomic E-state index is 0.0686. The summed E-state index contributed by atoms with van der Waals surface area (Å²) in [5.41, 5.74) is 0.616. The molecule has 0 aliphatic heterocycles. The summed E-state index contributed by atoms with van der Waals surface area (Å²) in [5.74, 6) is 0.615. The second kappa shape index (κ2) is 9.28. The fourth-order valence-electron chi connectivity index (χ4n) is 1.65. The fraction of sp³-hybridized carbons (Fsp3) is 0.571. The molecular formula is C14H24N4O2. The molecule has 2 N–H and O–H groups in total. The maximum atomic E-state index is 12.0. The van der Waals surface area contributed by atoms with Crippen molar-refractivity contribution in [3.05, 3.63) is 23.9 Å². The normalized spacial score (nSPS) is 10.6. The van der Waals surface area contributed by atoms with Crippen LogP contribution in [0.5, 0.6) is 0 Å². The van der Waals surface area contributed by atoms with Crippen LogP contribution in [0.4, 0.5) is 5.82 Å². The Morgan fingerprint density at radius 3 is 2.90 bits per heavy atom. The lowest BCUT2D eigenvalue weighted by molar-refractivity contribution is 0.0952. The Morgan fingerprint density at radius 2 is 2.20 bits per heavy atom. The standard InChI is InChI=1S/C14H24N4O2/c1-18(2)9-4-6-17-14(19)12-5-7-15-13(11-12)16-8-10-20-3/h5,7,11H,4,6,8-10H2,1-3H3,(H,15,16)(H,17,19). The van der Waals surface area contributed by atoms with Crippen molar-refractivity contribution in [3.63, 3.8) is 0 Å². The van der Waals surface area contributed by atoms with Crippen LogP contribution in [0, 0.1) is 0 Å². The third-order valence-electron chi connectivity index (χ3n) is 2.70. The van der Waals surface area contributed by atoms with Crippen LogP contribution >= 0.6 is 0 Å². The molecule has 0 aromatic carbocycles. The molecule has 0 spiro atoms.